The molecule has 0 bridgehead atoms. The molecule has 1 aliphatic rings. The molecule has 0 atom stereocenters. The first-order valence-corrected chi connectivity index (χ1v) is 12.2. The number of aromatic nitrogens is 4. The Morgan fingerprint density at radius 2 is 1.88 bits per heavy atom. The standard InChI is InChI=1S/C25H27N5OS/c1-2-18-9-8-12-20-21(15-26-24(18)20)22(31)17-32-25-28-27-23(16-29-13-6-7-14-29)30(25)19-10-4-3-5-11-19/h3-5,8-12,15,26H,2,6-7,13-14,16-17H2,1H3. The van der Waals surface area contributed by atoms with Gasteiger partial charge in [0.05, 0.1) is 12.3 Å². The van der Waals surface area contributed by atoms with Gasteiger partial charge in [-0.2, -0.15) is 0 Å². The second-order valence-electron chi connectivity index (χ2n) is 8.16. The molecule has 1 N–H and O–H groups in total. The molecule has 7 heteroatoms. The molecule has 2 aromatic heterocycles. The quantitative estimate of drug-likeness (QED) is 0.309. The predicted molar refractivity (Wildman–Crippen MR) is 129 cm³/mol. The van der Waals surface area contributed by atoms with Gasteiger partial charge in [-0.3, -0.25) is 14.3 Å². The number of likely N-dealkylation sites (tertiary alicyclic amines) is 1. The van der Waals surface area contributed by atoms with Crippen molar-refractivity contribution in [1.82, 2.24) is 24.6 Å². The fraction of sp³-hybridized carbons (Fsp3) is 0.320. The lowest BCUT2D eigenvalue weighted by atomic mass is 10.1. The topological polar surface area (TPSA) is 66.8 Å². The number of thioether (sulfide) groups is 1. The van der Waals surface area contributed by atoms with Crippen molar-refractivity contribution in [1.29, 1.82) is 0 Å². The van der Waals surface area contributed by atoms with Crippen LogP contribution in [0.5, 0.6) is 0 Å². The summed E-state index contributed by atoms with van der Waals surface area (Å²) in [4.78, 5) is 18.8. The summed E-state index contributed by atoms with van der Waals surface area (Å²) in [5, 5.41) is 10.7. The summed E-state index contributed by atoms with van der Waals surface area (Å²) in [7, 11) is 0. The van der Waals surface area contributed by atoms with Gasteiger partial charge in [-0.1, -0.05) is 55.1 Å². The lowest BCUT2D eigenvalue weighted by molar-refractivity contribution is 0.102. The van der Waals surface area contributed by atoms with E-state index in [1.165, 1.54) is 30.2 Å². The molecular weight excluding hydrogens is 418 g/mol. The number of Topliss-reactive ketones (excluding diaryl/α,β-unsaturated/α-hetero) is 1. The van der Waals surface area contributed by atoms with Crippen LogP contribution in [0, 0.1) is 0 Å². The van der Waals surface area contributed by atoms with E-state index in [1.54, 1.807) is 0 Å². The largest absolute Gasteiger partial charge is 0.360 e. The number of benzene rings is 2. The zero-order chi connectivity index (χ0) is 21.9. The zero-order valence-electron chi connectivity index (χ0n) is 18.3. The maximum absolute atomic E-state index is 13.1. The molecule has 2 aromatic carbocycles. The summed E-state index contributed by atoms with van der Waals surface area (Å²) in [6.45, 7) is 5.10. The Morgan fingerprint density at radius 3 is 2.66 bits per heavy atom. The Kier molecular flexibility index (Phi) is 6.10. The number of hydrogen-bond donors (Lipinski definition) is 1. The fourth-order valence-corrected chi connectivity index (χ4v) is 5.28. The van der Waals surface area contributed by atoms with Gasteiger partial charge in [0.2, 0.25) is 0 Å². The van der Waals surface area contributed by atoms with E-state index in [1.807, 2.05) is 36.5 Å². The van der Waals surface area contributed by atoms with Crippen molar-refractivity contribution in [2.75, 3.05) is 18.8 Å². The van der Waals surface area contributed by atoms with Crippen LogP contribution in [0.2, 0.25) is 0 Å². The molecule has 3 heterocycles. The van der Waals surface area contributed by atoms with Crippen LogP contribution in [-0.2, 0) is 13.0 Å². The summed E-state index contributed by atoms with van der Waals surface area (Å²) in [5.74, 6) is 1.34. The van der Waals surface area contributed by atoms with Crippen molar-refractivity contribution in [3.05, 3.63) is 71.7 Å². The first-order chi connectivity index (χ1) is 15.7. The summed E-state index contributed by atoms with van der Waals surface area (Å²) in [5.41, 5.74) is 4.06. The highest BCUT2D eigenvalue weighted by molar-refractivity contribution is 7.99. The molecule has 0 unspecified atom stereocenters. The number of para-hydroxylation sites is 2. The van der Waals surface area contributed by atoms with Crippen molar-refractivity contribution < 1.29 is 4.79 Å². The van der Waals surface area contributed by atoms with E-state index in [0.717, 1.165) is 59.2 Å². The normalized spacial score (nSPS) is 14.4. The molecule has 1 saturated heterocycles. The SMILES string of the molecule is CCc1cccc2c(C(=O)CSc3nnc(CN4CCCC4)n3-c3ccccc3)c[nH]c12. The van der Waals surface area contributed by atoms with E-state index in [-0.39, 0.29) is 5.78 Å². The fourth-order valence-electron chi connectivity index (χ4n) is 4.42. The Hall–Kier alpha value is -2.90. The number of carbonyl (C=O) groups is 1. The number of hydrogen-bond acceptors (Lipinski definition) is 5. The summed E-state index contributed by atoms with van der Waals surface area (Å²) >= 11 is 1.45. The number of aromatic amines is 1. The first-order valence-electron chi connectivity index (χ1n) is 11.2. The van der Waals surface area contributed by atoms with Crippen LogP contribution in [0.1, 0.15) is 41.5 Å². The van der Waals surface area contributed by atoms with Gasteiger partial charge < -0.3 is 4.98 Å². The molecule has 4 aromatic rings. The number of aryl methyl sites for hydroxylation is 1. The van der Waals surface area contributed by atoms with Crippen LogP contribution in [0.25, 0.3) is 16.6 Å². The van der Waals surface area contributed by atoms with E-state index in [2.05, 4.69) is 49.8 Å². The van der Waals surface area contributed by atoms with Crippen LogP contribution in [-0.4, -0.2) is 49.3 Å². The third-order valence-electron chi connectivity index (χ3n) is 6.09. The molecule has 6 nitrogen and oxygen atoms in total. The van der Waals surface area contributed by atoms with E-state index < -0.39 is 0 Å². The minimum Gasteiger partial charge on any atom is -0.360 e. The number of nitrogens with one attached hydrogen (secondary N) is 1. The van der Waals surface area contributed by atoms with Crippen LogP contribution in [0.4, 0.5) is 0 Å². The highest BCUT2D eigenvalue weighted by atomic mass is 32.2. The molecular formula is C25H27N5OS. The lowest BCUT2D eigenvalue weighted by Gasteiger charge is -2.15. The minimum atomic E-state index is 0.0956. The van der Waals surface area contributed by atoms with Gasteiger partial charge in [-0.25, -0.2) is 0 Å². The molecule has 32 heavy (non-hydrogen) atoms. The molecule has 5 rings (SSSR count). The third-order valence-corrected chi connectivity index (χ3v) is 7.02. The van der Waals surface area contributed by atoms with Crippen LogP contribution in [0.15, 0.2) is 59.9 Å². The summed E-state index contributed by atoms with van der Waals surface area (Å²) in [6, 6.07) is 16.3. The third kappa shape index (κ3) is 4.10. The Morgan fingerprint density at radius 1 is 1.06 bits per heavy atom. The average molecular weight is 446 g/mol. The second-order valence-corrected chi connectivity index (χ2v) is 9.10. The van der Waals surface area contributed by atoms with Crippen LogP contribution in [0.3, 0.4) is 0 Å². The summed E-state index contributed by atoms with van der Waals surface area (Å²) in [6.07, 6.45) is 5.24. The summed E-state index contributed by atoms with van der Waals surface area (Å²) < 4.78 is 2.10. The van der Waals surface area contributed by atoms with Crippen molar-refractivity contribution in [2.24, 2.45) is 0 Å². The maximum Gasteiger partial charge on any atom is 0.196 e. The molecule has 1 aliphatic heterocycles. The molecule has 1 fully saturated rings. The Labute approximate surface area is 192 Å². The average Bonchev–Trinajstić information content (AvgIpc) is 3.58. The van der Waals surface area contributed by atoms with E-state index in [0.29, 0.717) is 5.75 Å². The van der Waals surface area contributed by atoms with Gasteiger partial charge in [-0.15, -0.1) is 10.2 Å². The van der Waals surface area contributed by atoms with Gasteiger partial charge in [0.25, 0.3) is 0 Å². The molecule has 0 aliphatic carbocycles. The number of ketones is 1. The van der Waals surface area contributed by atoms with Gasteiger partial charge in [0.15, 0.2) is 16.8 Å². The van der Waals surface area contributed by atoms with Gasteiger partial charge >= 0.3 is 0 Å². The lowest BCUT2D eigenvalue weighted by Crippen LogP contribution is -2.21. The highest BCUT2D eigenvalue weighted by Crippen LogP contribution is 2.27. The number of fused-ring (bicyclic) bond motifs is 1. The van der Waals surface area contributed by atoms with Crippen molar-refractivity contribution in [3.8, 4) is 5.69 Å². The van der Waals surface area contributed by atoms with Crippen LogP contribution >= 0.6 is 11.8 Å². The van der Waals surface area contributed by atoms with Gasteiger partial charge in [0.1, 0.15) is 0 Å². The van der Waals surface area contributed by atoms with Crippen molar-refractivity contribution in [3.63, 3.8) is 0 Å². The van der Waals surface area contributed by atoms with Crippen molar-refractivity contribution in [2.45, 2.75) is 37.9 Å². The van der Waals surface area contributed by atoms with Crippen LogP contribution < -0.4 is 0 Å². The second kappa shape index (κ2) is 9.30. The molecule has 0 radical (unpaired) electrons. The Balaban J connectivity index is 1.39. The first kappa shape index (κ1) is 21.0. The van der Waals surface area contributed by atoms with Gasteiger partial charge in [-0.05, 0) is 50.0 Å². The molecule has 0 spiro atoms. The number of H-pyrrole nitrogens is 1. The van der Waals surface area contributed by atoms with Crippen molar-refractivity contribution >= 4 is 28.4 Å². The number of rotatable bonds is 8. The highest BCUT2D eigenvalue weighted by Gasteiger charge is 2.21. The smallest absolute Gasteiger partial charge is 0.196 e. The number of nitrogens with zero attached hydrogens (tertiary/aromatic N) is 4. The van der Waals surface area contributed by atoms with E-state index in [4.69, 9.17) is 0 Å². The maximum atomic E-state index is 13.1. The van der Waals surface area contributed by atoms with E-state index >= 15 is 0 Å². The van der Waals surface area contributed by atoms with E-state index in [9.17, 15) is 4.79 Å². The monoisotopic (exact) mass is 445 g/mol. The minimum absolute atomic E-state index is 0.0956. The molecule has 164 valence electrons. The number of carbonyl (C=O) groups excluding carboxylic acids is 1. The zero-order valence-corrected chi connectivity index (χ0v) is 19.1. The van der Waals surface area contributed by atoms with Gasteiger partial charge in [0, 0.05) is 28.4 Å². The predicted octanol–water partition coefficient (Wildman–Crippen LogP) is 4.88. The Bertz CT molecular complexity index is 1220. The molecule has 0 amide bonds. The molecule has 0 saturated carbocycles.